The van der Waals surface area contributed by atoms with Crippen LogP contribution in [0.25, 0.3) is 0 Å². The minimum Gasteiger partial charge on any atom is -0.465 e. The van der Waals surface area contributed by atoms with Crippen LogP contribution < -0.4 is 31.9 Å². The highest BCUT2D eigenvalue weighted by atomic mass is 16.5. The van der Waals surface area contributed by atoms with Crippen LogP contribution in [0.1, 0.15) is 244 Å². The first-order valence-electron chi connectivity index (χ1n) is 31.3. The molecule has 0 aromatic heterocycles. The molecule has 4 aromatic rings. The number of carbonyl (C=O) groups is 9. The van der Waals surface area contributed by atoms with E-state index >= 15 is 0 Å². The van der Waals surface area contributed by atoms with Crippen LogP contribution in [0.3, 0.4) is 0 Å². The van der Waals surface area contributed by atoms with Crippen LogP contribution >= 0.6 is 0 Å². The van der Waals surface area contributed by atoms with E-state index in [9.17, 15) is 43.2 Å². The molecular formula is C67H92N6O15. The van der Waals surface area contributed by atoms with Gasteiger partial charge in [-0.3, -0.25) is 0 Å². The van der Waals surface area contributed by atoms with Crippen LogP contribution in [-0.2, 0) is 28.4 Å². The van der Waals surface area contributed by atoms with Crippen molar-refractivity contribution < 1.29 is 71.6 Å². The van der Waals surface area contributed by atoms with Gasteiger partial charge in [-0.1, -0.05) is 180 Å². The summed E-state index contributed by atoms with van der Waals surface area (Å²) in [6, 6.07) is 13.7. The molecule has 0 fully saturated rings. The first kappa shape index (κ1) is 72.0. The molecule has 0 saturated heterocycles. The third-order valence-corrected chi connectivity index (χ3v) is 14.3. The molecule has 0 unspecified atom stereocenters. The molecule has 0 aliphatic heterocycles. The summed E-state index contributed by atoms with van der Waals surface area (Å²) in [6.07, 6.45) is 21.4. The van der Waals surface area contributed by atoms with Crippen LogP contribution in [0.2, 0.25) is 0 Å². The van der Waals surface area contributed by atoms with Gasteiger partial charge in [0.25, 0.3) is 0 Å². The Labute approximate surface area is 518 Å². The van der Waals surface area contributed by atoms with Gasteiger partial charge in [-0.15, -0.1) is 0 Å². The van der Waals surface area contributed by atoms with E-state index in [2.05, 4.69) is 59.6 Å². The molecule has 6 N–H and O–H groups in total. The lowest BCUT2D eigenvalue weighted by Crippen LogP contribution is -2.26. The molecule has 0 aliphatic rings. The van der Waals surface area contributed by atoms with Crippen molar-refractivity contribution >= 4 is 88.0 Å². The quantitative estimate of drug-likeness (QED) is 0.0137. The molecule has 0 aliphatic carbocycles. The SMILES string of the molecule is CCCCCCCCOC(=O)c1cc(C(=O)OCCCCCCCC)c(NC(=O)Nc2cc(NC(=O)Nc3ccccc3C(=O)OC)c(C(=O)OCCCCCCCC)cc2C(=O)OCCCCCCCC)cc1NC(=O)Nc1ccccc1C(=O)OC. The summed E-state index contributed by atoms with van der Waals surface area (Å²) < 4.78 is 32.8. The number of benzene rings is 4. The molecule has 0 atom stereocenters. The maximum atomic E-state index is 14.7. The van der Waals surface area contributed by atoms with Crippen LogP contribution in [-0.4, -0.2) is 94.6 Å². The molecule has 0 radical (unpaired) electrons. The number of ether oxygens (including phenoxy) is 6. The summed E-state index contributed by atoms with van der Waals surface area (Å²) in [7, 11) is 2.37. The molecule has 4 aromatic carbocycles. The largest absolute Gasteiger partial charge is 0.465 e. The lowest BCUT2D eigenvalue weighted by molar-refractivity contribution is 0.0479. The van der Waals surface area contributed by atoms with Crippen molar-refractivity contribution in [3.8, 4) is 0 Å². The van der Waals surface area contributed by atoms with Crippen molar-refractivity contribution in [3.05, 3.63) is 106 Å². The van der Waals surface area contributed by atoms with E-state index in [1.54, 1.807) is 24.3 Å². The second-order valence-electron chi connectivity index (χ2n) is 21.3. The second-order valence-corrected chi connectivity index (χ2v) is 21.3. The minimum absolute atomic E-state index is 0.00794. The van der Waals surface area contributed by atoms with Crippen LogP contribution in [0.4, 0.5) is 48.5 Å². The van der Waals surface area contributed by atoms with Gasteiger partial charge in [0.2, 0.25) is 0 Å². The van der Waals surface area contributed by atoms with E-state index in [1.165, 1.54) is 38.5 Å². The Bertz CT molecular complexity index is 2720. The number of hydrogen-bond acceptors (Lipinski definition) is 15. The summed E-state index contributed by atoms with van der Waals surface area (Å²) in [4.78, 5) is 125. The van der Waals surface area contributed by atoms with Gasteiger partial charge in [0.05, 0.1) is 108 Å². The summed E-state index contributed by atoms with van der Waals surface area (Å²) in [5.74, 6) is -5.18. The van der Waals surface area contributed by atoms with Crippen molar-refractivity contribution in [2.24, 2.45) is 0 Å². The number of carbonyl (C=O) groups excluding carboxylic acids is 9. The Kier molecular flexibility index (Phi) is 34.0. The third-order valence-electron chi connectivity index (χ3n) is 14.3. The van der Waals surface area contributed by atoms with Crippen molar-refractivity contribution in [3.63, 3.8) is 0 Å². The van der Waals surface area contributed by atoms with E-state index < -0.39 is 53.9 Å². The van der Waals surface area contributed by atoms with Crippen molar-refractivity contribution in [2.45, 2.75) is 182 Å². The van der Waals surface area contributed by atoms with Crippen LogP contribution in [0, 0.1) is 0 Å². The van der Waals surface area contributed by atoms with Gasteiger partial charge in [-0.05, 0) is 74.2 Å². The van der Waals surface area contributed by atoms with Crippen molar-refractivity contribution in [1.82, 2.24) is 0 Å². The molecular weight excluding hydrogens is 1130 g/mol. The topological polar surface area (TPSA) is 281 Å². The van der Waals surface area contributed by atoms with E-state index in [0.29, 0.717) is 25.7 Å². The molecule has 480 valence electrons. The van der Waals surface area contributed by atoms with Gasteiger partial charge >= 0.3 is 53.9 Å². The average Bonchev–Trinajstić information content (AvgIpc) is 2.79. The molecule has 21 heteroatoms. The van der Waals surface area contributed by atoms with Gasteiger partial charge in [0.1, 0.15) is 0 Å². The second kappa shape index (κ2) is 41.6. The number of nitrogens with one attached hydrogen (secondary N) is 6. The maximum Gasteiger partial charge on any atom is 0.340 e. The number of para-hydroxylation sites is 2. The summed E-state index contributed by atoms with van der Waals surface area (Å²) in [6.45, 7) is 8.45. The highest BCUT2D eigenvalue weighted by Crippen LogP contribution is 2.32. The monoisotopic (exact) mass is 1220 g/mol. The van der Waals surface area contributed by atoms with E-state index in [1.807, 2.05) is 0 Å². The lowest BCUT2D eigenvalue weighted by atomic mass is 10.0. The van der Waals surface area contributed by atoms with Crippen molar-refractivity contribution in [2.75, 3.05) is 72.5 Å². The summed E-state index contributed by atoms with van der Waals surface area (Å²) in [5.41, 5.74) is -2.08. The van der Waals surface area contributed by atoms with Gasteiger partial charge in [0.15, 0.2) is 0 Å². The van der Waals surface area contributed by atoms with E-state index in [0.717, 1.165) is 153 Å². The molecule has 0 bridgehead atoms. The first-order valence-corrected chi connectivity index (χ1v) is 31.3. The Balaban J connectivity index is 1.86. The maximum absolute atomic E-state index is 14.7. The average molecular weight is 1220 g/mol. The van der Waals surface area contributed by atoms with Gasteiger partial charge < -0.3 is 60.3 Å². The summed E-state index contributed by atoms with van der Waals surface area (Å²) >= 11 is 0. The minimum atomic E-state index is -1.10. The highest BCUT2D eigenvalue weighted by molar-refractivity contribution is 6.15. The fraction of sp³-hybridized carbons (Fsp3) is 0.507. The molecule has 0 spiro atoms. The van der Waals surface area contributed by atoms with Crippen molar-refractivity contribution in [1.29, 1.82) is 0 Å². The highest BCUT2D eigenvalue weighted by Gasteiger charge is 2.28. The molecule has 4 rings (SSSR count). The molecule has 88 heavy (non-hydrogen) atoms. The number of esters is 6. The number of unbranched alkanes of at least 4 members (excludes halogenated alkanes) is 20. The molecule has 0 heterocycles. The molecule has 21 nitrogen and oxygen atoms in total. The number of urea groups is 3. The van der Waals surface area contributed by atoms with Crippen LogP contribution in [0.15, 0.2) is 72.8 Å². The van der Waals surface area contributed by atoms with E-state index in [-0.39, 0.29) is 93.9 Å². The smallest absolute Gasteiger partial charge is 0.340 e. The summed E-state index contributed by atoms with van der Waals surface area (Å²) in [5, 5.41) is 15.7. The lowest BCUT2D eigenvalue weighted by Gasteiger charge is -2.19. The fourth-order valence-electron chi connectivity index (χ4n) is 9.38. The normalized spacial score (nSPS) is 10.7. The zero-order valence-electron chi connectivity index (χ0n) is 52.4. The Morgan fingerprint density at radius 1 is 0.273 bits per heavy atom. The zero-order chi connectivity index (χ0) is 63.9. The van der Waals surface area contributed by atoms with Crippen LogP contribution in [0.5, 0.6) is 0 Å². The Morgan fingerprint density at radius 3 is 0.750 bits per heavy atom. The Hall–Kier alpha value is -8.49. The van der Waals surface area contributed by atoms with Gasteiger partial charge in [-0.25, -0.2) is 43.2 Å². The first-order chi connectivity index (χ1) is 42.7. The fourth-order valence-corrected chi connectivity index (χ4v) is 9.38. The number of amides is 6. The third kappa shape index (κ3) is 25.5. The van der Waals surface area contributed by atoms with Gasteiger partial charge in [0, 0.05) is 0 Å². The zero-order valence-corrected chi connectivity index (χ0v) is 52.4. The molecule has 0 saturated carbocycles. The standard InChI is InChI=1S/C67H92N6O15/c1-7-11-15-19-23-31-39-85-61(76)49-43-51(63(78)87-41-33-25-21-17-13-9-3)57(45-55(49)70-65(80)68-53-37-29-27-35-47(53)59(74)83-5)72-67(82)73-58-46-56(71-66(81)69-54-38-30-28-36-48(54)60(75)84-6)50(62(77)86-40-32-24-20-16-12-8-2)44-52(58)64(79)88-42-34-26-22-18-14-10-4/h27-30,35-38,43-46H,7-26,31-34,39-42H2,1-6H3,(H2,68,70,80)(H2,69,71,81)(H2,72,73,82). The number of hydrogen-bond donors (Lipinski definition) is 6. The van der Waals surface area contributed by atoms with E-state index in [4.69, 9.17) is 28.4 Å². The number of methoxy groups -OCH3 is 2. The number of rotatable bonds is 40. The Morgan fingerprint density at radius 2 is 0.500 bits per heavy atom. The van der Waals surface area contributed by atoms with Gasteiger partial charge in [-0.2, -0.15) is 0 Å². The predicted molar refractivity (Wildman–Crippen MR) is 341 cm³/mol. The number of anilines is 6. The predicted octanol–water partition coefficient (Wildman–Crippen LogP) is 16.3. The molecule has 6 amide bonds.